The third-order valence-corrected chi connectivity index (χ3v) is 4.95. The van der Waals surface area contributed by atoms with E-state index in [1.54, 1.807) is 11.3 Å². The fourth-order valence-electron chi connectivity index (χ4n) is 2.92. The first kappa shape index (κ1) is 14.5. The van der Waals surface area contributed by atoms with E-state index in [0.29, 0.717) is 6.54 Å². The first-order chi connectivity index (χ1) is 9.22. The lowest BCUT2D eigenvalue weighted by molar-refractivity contribution is -0.127. The molecule has 2 rings (SSSR count). The van der Waals surface area contributed by atoms with Crippen LogP contribution in [0.2, 0.25) is 0 Å². The van der Waals surface area contributed by atoms with Gasteiger partial charge in [0.15, 0.2) is 0 Å². The van der Waals surface area contributed by atoms with Gasteiger partial charge in [-0.15, -0.1) is 11.3 Å². The molecule has 3 nitrogen and oxygen atoms in total. The summed E-state index contributed by atoms with van der Waals surface area (Å²) in [7, 11) is 0. The van der Waals surface area contributed by atoms with Crippen molar-refractivity contribution in [2.45, 2.75) is 58.0 Å². The number of hydrogen-bond donors (Lipinski definition) is 2. The van der Waals surface area contributed by atoms with Crippen LogP contribution in [0.3, 0.4) is 0 Å². The highest BCUT2D eigenvalue weighted by Crippen LogP contribution is 2.25. The van der Waals surface area contributed by atoms with Crippen LogP contribution in [-0.2, 0) is 17.8 Å². The molecule has 1 aliphatic heterocycles. The molecule has 106 valence electrons. The number of carbonyl (C=O) groups is 1. The van der Waals surface area contributed by atoms with E-state index in [0.717, 1.165) is 38.6 Å². The zero-order chi connectivity index (χ0) is 13.7. The molecular weight excluding hydrogens is 256 g/mol. The van der Waals surface area contributed by atoms with Crippen molar-refractivity contribution >= 4 is 17.2 Å². The van der Waals surface area contributed by atoms with Crippen molar-refractivity contribution in [3.05, 3.63) is 21.9 Å². The van der Waals surface area contributed by atoms with Gasteiger partial charge in [-0.2, -0.15) is 0 Å². The molecule has 0 saturated carbocycles. The zero-order valence-electron chi connectivity index (χ0n) is 11.9. The van der Waals surface area contributed by atoms with Crippen molar-refractivity contribution in [3.8, 4) is 0 Å². The van der Waals surface area contributed by atoms with Gasteiger partial charge >= 0.3 is 0 Å². The Kier molecular flexibility index (Phi) is 4.99. The Hall–Kier alpha value is -0.870. The Bertz CT molecular complexity index is 422. The van der Waals surface area contributed by atoms with Crippen LogP contribution >= 0.6 is 11.3 Å². The largest absolute Gasteiger partial charge is 0.350 e. The van der Waals surface area contributed by atoms with Crippen molar-refractivity contribution in [3.63, 3.8) is 0 Å². The highest BCUT2D eigenvalue weighted by Gasteiger charge is 2.39. The van der Waals surface area contributed by atoms with Gasteiger partial charge in [-0.05, 0) is 49.2 Å². The predicted octanol–water partition coefficient (Wildman–Crippen LogP) is 2.85. The summed E-state index contributed by atoms with van der Waals surface area (Å²) in [6.07, 6.45) is 5.08. The second-order valence-electron chi connectivity index (χ2n) is 5.27. The average molecular weight is 280 g/mol. The van der Waals surface area contributed by atoms with Crippen molar-refractivity contribution < 1.29 is 4.79 Å². The first-order valence-corrected chi connectivity index (χ1v) is 8.18. The SMILES string of the molecule is CCCC1(C(=O)NCc2sccc2CC)CCCN1. The van der Waals surface area contributed by atoms with Gasteiger partial charge in [0.1, 0.15) is 0 Å². The van der Waals surface area contributed by atoms with Gasteiger partial charge in [-0.1, -0.05) is 20.3 Å². The van der Waals surface area contributed by atoms with Crippen LogP contribution in [0.5, 0.6) is 0 Å². The third kappa shape index (κ3) is 3.18. The van der Waals surface area contributed by atoms with Gasteiger partial charge < -0.3 is 10.6 Å². The molecule has 0 radical (unpaired) electrons. The van der Waals surface area contributed by atoms with Crippen molar-refractivity contribution in [1.82, 2.24) is 10.6 Å². The minimum absolute atomic E-state index is 0.183. The molecule has 2 heterocycles. The monoisotopic (exact) mass is 280 g/mol. The first-order valence-electron chi connectivity index (χ1n) is 7.30. The molecule has 1 saturated heterocycles. The number of amides is 1. The summed E-state index contributed by atoms with van der Waals surface area (Å²) in [6, 6.07) is 2.15. The second kappa shape index (κ2) is 6.53. The fraction of sp³-hybridized carbons (Fsp3) is 0.667. The summed E-state index contributed by atoms with van der Waals surface area (Å²) in [5.74, 6) is 0.183. The summed E-state index contributed by atoms with van der Waals surface area (Å²) in [4.78, 5) is 13.8. The van der Waals surface area contributed by atoms with Gasteiger partial charge in [0.05, 0.1) is 12.1 Å². The fourth-order valence-corrected chi connectivity index (χ4v) is 3.84. The van der Waals surface area contributed by atoms with E-state index in [1.165, 1.54) is 10.4 Å². The van der Waals surface area contributed by atoms with Crippen LogP contribution < -0.4 is 10.6 Å². The van der Waals surface area contributed by atoms with Gasteiger partial charge in [0.2, 0.25) is 5.91 Å². The number of aryl methyl sites for hydroxylation is 1. The van der Waals surface area contributed by atoms with Gasteiger partial charge in [0.25, 0.3) is 0 Å². The van der Waals surface area contributed by atoms with E-state index in [2.05, 4.69) is 35.9 Å². The average Bonchev–Trinajstić information content (AvgIpc) is 3.05. The maximum atomic E-state index is 12.5. The lowest BCUT2D eigenvalue weighted by atomic mass is 9.91. The Morgan fingerprint density at radius 2 is 2.37 bits per heavy atom. The van der Waals surface area contributed by atoms with Crippen LogP contribution in [0.25, 0.3) is 0 Å². The second-order valence-corrected chi connectivity index (χ2v) is 6.27. The molecule has 0 spiro atoms. The van der Waals surface area contributed by atoms with Gasteiger partial charge in [0, 0.05) is 4.88 Å². The lowest BCUT2D eigenvalue weighted by Crippen LogP contribution is -2.53. The molecule has 1 aliphatic rings. The van der Waals surface area contributed by atoms with Crippen molar-refractivity contribution in [1.29, 1.82) is 0 Å². The van der Waals surface area contributed by atoms with Crippen LogP contribution in [0.1, 0.15) is 50.0 Å². The number of carbonyl (C=O) groups excluding carboxylic acids is 1. The van der Waals surface area contributed by atoms with Crippen LogP contribution in [0.15, 0.2) is 11.4 Å². The predicted molar refractivity (Wildman–Crippen MR) is 80.4 cm³/mol. The molecule has 0 aromatic carbocycles. The maximum absolute atomic E-state index is 12.5. The van der Waals surface area contributed by atoms with Crippen molar-refractivity contribution in [2.24, 2.45) is 0 Å². The van der Waals surface area contributed by atoms with E-state index in [1.807, 2.05) is 0 Å². The molecule has 2 N–H and O–H groups in total. The number of thiophene rings is 1. The summed E-state index contributed by atoms with van der Waals surface area (Å²) in [5, 5.41) is 8.66. The lowest BCUT2D eigenvalue weighted by Gasteiger charge is -2.27. The standard InChI is InChI=1S/C15H24N2OS/c1-3-7-15(8-5-9-17-15)14(18)16-11-13-12(4-2)6-10-19-13/h6,10,17H,3-5,7-9,11H2,1-2H3,(H,16,18). The highest BCUT2D eigenvalue weighted by atomic mass is 32.1. The molecule has 1 amide bonds. The molecule has 1 unspecified atom stereocenters. The molecule has 1 aromatic heterocycles. The number of rotatable bonds is 6. The number of nitrogens with one attached hydrogen (secondary N) is 2. The van der Waals surface area contributed by atoms with E-state index in [4.69, 9.17) is 0 Å². The summed E-state index contributed by atoms with van der Waals surface area (Å²) >= 11 is 1.74. The third-order valence-electron chi connectivity index (χ3n) is 3.98. The van der Waals surface area contributed by atoms with Crippen molar-refractivity contribution in [2.75, 3.05) is 6.54 Å². The maximum Gasteiger partial charge on any atom is 0.240 e. The molecule has 0 aliphatic carbocycles. The molecule has 1 aromatic rings. The van der Waals surface area contributed by atoms with Gasteiger partial charge in [-0.25, -0.2) is 0 Å². The summed E-state index contributed by atoms with van der Waals surface area (Å²) < 4.78 is 0. The molecule has 1 atom stereocenters. The molecule has 19 heavy (non-hydrogen) atoms. The summed E-state index contributed by atoms with van der Waals surface area (Å²) in [6.45, 7) is 5.94. The Morgan fingerprint density at radius 3 is 3.00 bits per heavy atom. The Labute approximate surface area is 119 Å². The van der Waals surface area contributed by atoms with E-state index in [9.17, 15) is 4.79 Å². The van der Waals surface area contributed by atoms with E-state index >= 15 is 0 Å². The molecule has 4 heteroatoms. The molecular formula is C15H24N2OS. The molecule has 1 fully saturated rings. The smallest absolute Gasteiger partial charge is 0.240 e. The van der Waals surface area contributed by atoms with E-state index < -0.39 is 0 Å². The van der Waals surface area contributed by atoms with Crippen LogP contribution in [-0.4, -0.2) is 18.0 Å². The molecule has 0 bridgehead atoms. The van der Waals surface area contributed by atoms with Gasteiger partial charge in [-0.3, -0.25) is 4.79 Å². The van der Waals surface area contributed by atoms with Crippen LogP contribution in [0.4, 0.5) is 0 Å². The quantitative estimate of drug-likeness (QED) is 0.841. The zero-order valence-corrected chi connectivity index (χ0v) is 12.7. The highest BCUT2D eigenvalue weighted by molar-refractivity contribution is 7.10. The minimum Gasteiger partial charge on any atom is -0.350 e. The Morgan fingerprint density at radius 1 is 1.53 bits per heavy atom. The number of hydrogen-bond acceptors (Lipinski definition) is 3. The minimum atomic E-state index is -0.307. The van der Waals surface area contributed by atoms with Crippen LogP contribution in [0, 0.1) is 0 Å². The van der Waals surface area contributed by atoms with E-state index in [-0.39, 0.29) is 11.4 Å². The topological polar surface area (TPSA) is 41.1 Å². The normalized spacial score (nSPS) is 22.6. The summed E-state index contributed by atoms with van der Waals surface area (Å²) in [5.41, 5.74) is 1.05. The Balaban J connectivity index is 1.96.